The Balaban J connectivity index is 1.45. The summed E-state index contributed by atoms with van der Waals surface area (Å²) < 4.78 is 89.3. The largest absolute Gasteiger partial charge is 0.492 e. The first-order valence-electron chi connectivity index (χ1n) is 13.4. The van der Waals surface area contributed by atoms with Crippen LogP contribution < -0.4 is 14.2 Å². The molecule has 42 heavy (non-hydrogen) atoms. The Kier molecular flexibility index (Phi) is 7.82. The number of ether oxygens (including phenoxy) is 3. The smallest absolute Gasteiger partial charge is 0.417 e. The number of alkyl halides is 3. The van der Waals surface area contributed by atoms with E-state index in [0.29, 0.717) is 23.5 Å². The topological polar surface area (TPSA) is 85.2 Å². The quantitative estimate of drug-likeness (QED) is 0.256. The zero-order valence-electron chi connectivity index (χ0n) is 22.9. The van der Waals surface area contributed by atoms with Gasteiger partial charge in [-0.1, -0.05) is 12.1 Å². The van der Waals surface area contributed by atoms with Crippen LogP contribution in [0.25, 0.3) is 11.1 Å². The summed E-state index contributed by atoms with van der Waals surface area (Å²) in [5.41, 5.74) is -1.26. The number of carbonyl (C=O) groups is 1. The van der Waals surface area contributed by atoms with Crippen LogP contribution in [-0.4, -0.2) is 35.0 Å². The maximum Gasteiger partial charge on any atom is 0.417 e. The Bertz CT molecular complexity index is 1490. The van der Waals surface area contributed by atoms with Gasteiger partial charge in [0, 0.05) is 24.0 Å². The summed E-state index contributed by atoms with van der Waals surface area (Å²) in [6.07, 6.45) is -4.92. The van der Waals surface area contributed by atoms with Gasteiger partial charge in [-0.25, -0.2) is 8.78 Å². The molecule has 3 aromatic carbocycles. The molecule has 1 aliphatic carbocycles. The van der Waals surface area contributed by atoms with Crippen molar-refractivity contribution >= 4 is 5.97 Å². The first-order valence-corrected chi connectivity index (χ1v) is 13.4. The van der Waals surface area contributed by atoms with Crippen molar-refractivity contribution in [3.05, 3.63) is 76.4 Å². The first kappa shape index (κ1) is 29.6. The number of fused-ring (bicyclic) bond motifs is 2. The summed E-state index contributed by atoms with van der Waals surface area (Å²) in [6.45, 7) is 3.04. The van der Waals surface area contributed by atoms with Crippen LogP contribution in [0.2, 0.25) is 0 Å². The molecule has 3 aromatic rings. The molecule has 1 unspecified atom stereocenters. The summed E-state index contributed by atoms with van der Waals surface area (Å²) in [5.74, 6) is -3.39. The second-order valence-corrected chi connectivity index (χ2v) is 11.2. The Morgan fingerprint density at radius 1 is 1.05 bits per heavy atom. The molecule has 224 valence electrons. The van der Waals surface area contributed by atoms with E-state index in [9.17, 15) is 31.9 Å². The van der Waals surface area contributed by atoms with Crippen molar-refractivity contribution in [2.24, 2.45) is 0 Å². The van der Waals surface area contributed by atoms with E-state index in [1.165, 1.54) is 19.9 Å². The molecule has 1 heterocycles. The van der Waals surface area contributed by atoms with E-state index in [0.717, 1.165) is 23.8 Å². The third kappa shape index (κ3) is 6.16. The van der Waals surface area contributed by atoms with Gasteiger partial charge in [0.25, 0.3) is 0 Å². The minimum Gasteiger partial charge on any atom is -0.492 e. The molecule has 0 saturated heterocycles. The maximum atomic E-state index is 15.0. The third-order valence-electron chi connectivity index (χ3n) is 7.47. The average molecular weight is 593 g/mol. The fraction of sp³-hybridized carbons (Fsp3) is 0.387. The fourth-order valence-electron chi connectivity index (χ4n) is 5.47. The molecule has 0 fully saturated rings. The molecule has 2 N–H and O–H groups in total. The Morgan fingerprint density at radius 3 is 2.38 bits per heavy atom. The van der Waals surface area contributed by atoms with Gasteiger partial charge in [0.15, 0.2) is 17.4 Å². The molecule has 2 atom stereocenters. The molecule has 0 spiro atoms. The van der Waals surface area contributed by atoms with Crippen molar-refractivity contribution in [1.82, 2.24) is 0 Å². The lowest BCUT2D eigenvalue weighted by Gasteiger charge is -2.21. The van der Waals surface area contributed by atoms with Gasteiger partial charge in [0.2, 0.25) is 0 Å². The zero-order valence-corrected chi connectivity index (χ0v) is 22.9. The number of hydrogen-bond acceptors (Lipinski definition) is 5. The molecular formula is C31H29F5O6. The van der Waals surface area contributed by atoms with Crippen LogP contribution >= 0.6 is 0 Å². The van der Waals surface area contributed by atoms with Crippen LogP contribution in [0.5, 0.6) is 17.2 Å². The first-order chi connectivity index (χ1) is 19.7. The van der Waals surface area contributed by atoms with Gasteiger partial charge in [0.05, 0.1) is 30.8 Å². The molecule has 0 saturated carbocycles. The standard InChI is InChI=1S/C31H29F5O6/c1-30(2,39)9-10-40-29-23(32)11-16(12-24(29)33)28-21-6-8-25(20(21)5-7-22(28)31(34,35)36)42-18-3-4-19-17(13-27(37)38)15-41-26(19)14-18/h3-5,7,11-12,14,17,25,39H,6,8-10,13,15H2,1-2H3,(H,37,38)/t17-,25?/m1/s1. The Morgan fingerprint density at radius 2 is 1.74 bits per heavy atom. The summed E-state index contributed by atoms with van der Waals surface area (Å²) in [7, 11) is 0. The van der Waals surface area contributed by atoms with E-state index in [1.807, 2.05) is 0 Å². The predicted octanol–water partition coefficient (Wildman–Crippen LogP) is 7.21. The van der Waals surface area contributed by atoms with E-state index >= 15 is 0 Å². The van der Waals surface area contributed by atoms with Crippen molar-refractivity contribution in [3.8, 4) is 28.4 Å². The van der Waals surface area contributed by atoms with Crippen LogP contribution in [0.4, 0.5) is 22.0 Å². The third-order valence-corrected chi connectivity index (χ3v) is 7.47. The number of aliphatic carboxylic acids is 1. The van der Waals surface area contributed by atoms with Crippen molar-refractivity contribution in [2.75, 3.05) is 13.2 Å². The molecule has 0 bridgehead atoms. The van der Waals surface area contributed by atoms with Crippen LogP contribution in [0.3, 0.4) is 0 Å². The second-order valence-electron chi connectivity index (χ2n) is 11.2. The summed E-state index contributed by atoms with van der Waals surface area (Å²) in [6, 6.07) is 8.87. The molecule has 1 aliphatic heterocycles. The number of benzene rings is 3. The lowest BCUT2D eigenvalue weighted by atomic mass is 9.91. The normalized spacial score (nSPS) is 17.9. The minimum atomic E-state index is -4.79. The molecule has 2 aliphatic rings. The van der Waals surface area contributed by atoms with Crippen molar-refractivity contribution < 1.29 is 51.2 Å². The van der Waals surface area contributed by atoms with Crippen molar-refractivity contribution in [3.63, 3.8) is 0 Å². The van der Waals surface area contributed by atoms with Crippen LogP contribution in [0, 0.1) is 11.6 Å². The average Bonchev–Trinajstić information content (AvgIpc) is 3.47. The summed E-state index contributed by atoms with van der Waals surface area (Å²) >= 11 is 0. The van der Waals surface area contributed by atoms with Gasteiger partial charge in [0.1, 0.15) is 17.6 Å². The highest BCUT2D eigenvalue weighted by atomic mass is 19.4. The Labute approximate surface area is 238 Å². The number of carboxylic acids is 1. The van der Waals surface area contributed by atoms with E-state index in [1.54, 1.807) is 18.2 Å². The molecular weight excluding hydrogens is 563 g/mol. The molecule has 0 radical (unpaired) electrons. The van der Waals surface area contributed by atoms with Gasteiger partial charge in [-0.15, -0.1) is 0 Å². The monoisotopic (exact) mass is 592 g/mol. The second kappa shape index (κ2) is 11.1. The highest BCUT2D eigenvalue weighted by Crippen LogP contribution is 2.47. The van der Waals surface area contributed by atoms with E-state index in [4.69, 9.17) is 19.3 Å². The molecule has 0 aromatic heterocycles. The lowest BCUT2D eigenvalue weighted by molar-refractivity contribution is -0.138. The number of rotatable bonds is 9. The van der Waals surface area contributed by atoms with Gasteiger partial charge in [-0.05, 0) is 73.2 Å². The van der Waals surface area contributed by atoms with Gasteiger partial charge in [-0.2, -0.15) is 13.2 Å². The fourth-order valence-corrected chi connectivity index (χ4v) is 5.47. The van der Waals surface area contributed by atoms with E-state index < -0.39 is 46.8 Å². The SMILES string of the molecule is CC(C)(O)CCOc1c(F)cc(-c2c(C(F)(F)F)ccc3c2CCC3Oc2ccc3c(c2)OC[C@H]3CC(=O)O)cc1F. The van der Waals surface area contributed by atoms with Crippen LogP contribution in [0.1, 0.15) is 67.4 Å². The zero-order chi connectivity index (χ0) is 30.4. The van der Waals surface area contributed by atoms with Gasteiger partial charge >= 0.3 is 12.1 Å². The Hall–Kier alpha value is -3.86. The minimum absolute atomic E-state index is 0.0807. The molecule has 5 rings (SSSR count). The van der Waals surface area contributed by atoms with E-state index in [-0.39, 0.29) is 55.1 Å². The molecule has 6 nitrogen and oxygen atoms in total. The number of aliphatic hydroxyl groups is 1. The lowest BCUT2D eigenvalue weighted by Crippen LogP contribution is -2.22. The predicted molar refractivity (Wildman–Crippen MR) is 142 cm³/mol. The number of halogens is 5. The van der Waals surface area contributed by atoms with Crippen LogP contribution in [-0.2, 0) is 17.4 Å². The molecule has 0 amide bonds. The summed E-state index contributed by atoms with van der Waals surface area (Å²) in [5, 5.41) is 18.9. The van der Waals surface area contributed by atoms with Crippen molar-refractivity contribution in [2.45, 2.75) is 63.3 Å². The highest BCUT2D eigenvalue weighted by Gasteiger charge is 2.39. The molecule has 11 heteroatoms. The van der Waals surface area contributed by atoms with E-state index in [2.05, 4.69) is 0 Å². The van der Waals surface area contributed by atoms with Crippen molar-refractivity contribution in [1.29, 1.82) is 0 Å². The van der Waals surface area contributed by atoms with Gasteiger partial charge in [-0.3, -0.25) is 4.79 Å². The summed E-state index contributed by atoms with van der Waals surface area (Å²) in [4.78, 5) is 11.1. The number of carboxylic acid groups (broad SMARTS) is 1. The maximum absolute atomic E-state index is 15.0. The van der Waals surface area contributed by atoms with Gasteiger partial charge < -0.3 is 24.4 Å². The highest BCUT2D eigenvalue weighted by molar-refractivity contribution is 5.75. The number of hydrogen-bond donors (Lipinski definition) is 2. The van der Waals surface area contributed by atoms with Crippen LogP contribution in [0.15, 0.2) is 42.5 Å².